The van der Waals surface area contributed by atoms with Crippen molar-refractivity contribution in [3.63, 3.8) is 0 Å². The van der Waals surface area contributed by atoms with E-state index >= 15 is 0 Å². The van der Waals surface area contributed by atoms with Crippen molar-refractivity contribution in [1.82, 2.24) is 9.88 Å². The minimum atomic E-state index is -0.553. The molecule has 3 heterocycles. The Kier molecular flexibility index (Phi) is 15.5. The molecule has 2 atom stereocenters. The molecule has 1 aromatic heterocycles. The van der Waals surface area contributed by atoms with E-state index in [-0.39, 0.29) is 6.67 Å². The Morgan fingerprint density at radius 3 is 2.35 bits per heavy atom. The fourth-order valence-corrected chi connectivity index (χ4v) is 6.08. The van der Waals surface area contributed by atoms with E-state index < -0.39 is 12.1 Å². The first-order valence-corrected chi connectivity index (χ1v) is 16.5. The average Bonchev–Trinajstić information content (AvgIpc) is 2.99. The predicted octanol–water partition coefficient (Wildman–Crippen LogP) is 8.20. The number of likely N-dealkylation sites (tertiary alicyclic amines) is 1. The summed E-state index contributed by atoms with van der Waals surface area (Å²) in [6, 6.07) is 2.38. The second kappa shape index (κ2) is 18.3. The first kappa shape index (κ1) is 36.6. The summed E-state index contributed by atoms with van der Waals surface area (Å²) in [5.41, 5.74) is 3.71. The molecular formula is C37H58F2N4. The number of hydrogen-bond donors (Lipinski definition) is 1. The quantitative estimate of drug-likeness (QED) is 0.250. The van der Waals surface area contributed by atoms with Crippen molar-refractivity contribution in [1.29, 1.82) is 0 Å². The van der Waals surface area contributed by atoms with E-state index in [4.69, 9.17) is 4.99 Å². The Morgan fingerprint density at radius 2 is 1.84 bits per heavy atom. The highest BCUT2D eigenvalue weighted by Gasteiger charge is 2.37. The van der Waals surface area contributed by atoms with Crippen molar-refractivity contribution in [2.75, 3.05) is 38.3 Å². The molecule has 2 aliphatic heterocycles. The summed E-state index contributed by atoms with van der Waals surface area (Å²) >= 11 is 0. The van der Waals surface area contributed by atoms with E-state index in [1.807, 2.05) is 32.3 Å². The van der Waals surface area contributed by atoms with Gasteiger partial charge >= 0.3 is 0 Å². The van der Waals surface area contributed by atoms with Crippen LogP contribution in [0.2, 0.25) is 0 Å². The number of nitrogens with one attached hydrogen (secondary N) is 1. The Balaban J connectivity index is 0.00000119. The molecule has 0 radical (unpaired) electrons. The van der Waals surface area contributed by atoms with E-state index in [1.165, 1.54) is 5.57 Å². The predicted molar refractivity (Wildman–Crippen MR) is 183 cm³/mol. The van der Waals surface area contributed by atoms with Crippen LogP contribution in [0.15, 0.2) is 52.8 Å². The minimum Gasteiger partial charge on any atom is -0.344 e. The van der Waals surface area contributed by atoms with Gasteiger partial charge in [0.05, 0.1) is 12.7 Å². The van der Waals surface area contributed by atoms with Crippen LogP contribution in [0.4, 0.5) is 14.6 Å². The lowest BCUT2D eigenvalue weighted by atomic mass is 9.77. The number of dihydropyridines is 1. The van der Waals surface area contributed by atoms with Crippen LogP contribution in [-0.2, 0) is 0 Å². The molecule has 0 bridgehead atoms. The summed E-state index contributed by atoms with van der Waals surface area (Å²) in [7, 11) is 0. The summed E-state index contributed by atoms with van der Waals surface area (Å²) in [4.78, 5) is 12.0. The third-order valence-corrected chi connectivity index (χ3v) is 8.89. The number of nitrogens with zero attached hydrogens (tertiary/aromatic N) is 3. The van der Waals surface area contributed by atoms with Crippen molar-refractivity contribution in [3.8, 4) is 0 Å². The van der Waals surface area contributed by atoms with Gasteiger partial charge in [0.2, 0.25) is 0 Å². The molecule has 0 aromatic carbocycles. The molecule has 1 fully saturated rings. The second-order valence-electron chi connectivity index (χ2n) is 12.6. The first-order chi connectivity index (χ1) is 20.6. The van der Waals surface area contributed by atoms with Crippen LogP contribution in [0.3, 0.4) is 0 Å². The van der Waals surface area contributed by atoms with Gasteiger partial charge in [-0.3, -0.25) is 13.8 Å². The SMILES string of the molecule is C=C(/C=c1/cc(NC(=C)C2(CF)CCN(CC(C)C)CC2)nc/c1=C/C)C1=C(CC)C(C)C(CCC)N=C1.CCCCF. The zero-order valence-electron chi connectivity index (χ0n) is 28.1. The lowest BCUT2D eigenvalue weighted by Gasteiger charge is -2.42. The zero-order chi connectivity index (χ0) is 32.0. The van der Waals surface area contributed by atoms with Gasteiger partial charge in [-0.05, 0) is 91.8 Å². The van der Waals surface area contributed by atoms with Gasteiger partial charge in [-0.25, -0.2) is 4.98 Å². The molecule has 2 unspecified atom stereocenters. The van der Waals surface area contributed by atoms with Crippen LogP contribution < -0.4 is 15.8 Å². The van der Waals surface area contributed by atoms with E-state index in [2.05, 4.69) is 75.1 Å². The van der Waals surface area contributed by atoms with Crippen molar-refractivity contribution in [2.45, 2.75) is 99.5 Å². The van der Waals surface area contributed by atoms with Crippen LogP contribution in [-0.4, -0.2) is 55.1 Å². The Morgan fingerprint density at radius 1 is 1.14 bits per heavy atom. The molecule has 4 nitrogen and oxygen atoms in total. The number of piperidine rings is 1. The van der Waals surface area contributed by atoms with Crippen LogP contribution in [0, 0.1) is 17.3 Å². The van der Waals surface area contributed by atoms with E-state index in [0.717, 1.165) is 91.9 Å². The van der Waals surface area contributed by atoms with Crippen LogP contribution in [0.1, 0.15) is 93.4 Å². The van der Waals surface area contributed by atoms with Crippen molar-refractivity contribution >= 4 is 24.2 Å². The molecule has 0 aliphatic carbocycles. The Labute approximate surface area is 260 Å². The number of aromatic nitrogens is 1. The van der Waals surface area contributed by atoms with Gasteiger partial charge in [0.15, 0.2) is 0 Å². The number of allylic oxidation sites excluding steroid dienone is 3. The molecule has 2 aliphatic rings. The third kappa shape index (κ3) is 10.2. The maximum absolute atomic E-state index is 14.5. The molecule has 3 rings (SSSR count). The smallest absolute Gasteiger partial charge is 0.130 e. The lowest BCUT2D eigenvalue weighted by Crippen LogP contribution is -2.44. The monoisotopic (exact) mass is 596 g/mol. The normalized spacial score (nSPS) is 21.2. The molecule has 1 aromatic rings. The van der Waals surface area contributed by atoms with Crippen molar-refractivity contribution in [3.05, 3.63) is 58.3 Å². The van der Waals surface area contributed by atoms with E-state index in [0.29, 0.717) is 23.7 Å². The molecular weight excluding hydrogens is 538 g/mol. The lowest BCUT2D eigenvalue weighted by molar-refractivity contribution is 0.0997. The van der Waals surface area contributed by atoms with E-state index in [1.54, 1.807) is 0 Å². The molecule has 1 N–H and O–H groups in total. The van der Waals surface area contributed by atoms with Crippen LogP contribution in [0.5, 0.6) is 0 Å². The molecule has 240 valence electrons. The van der Waals surface area contributed by atoms with Gasteiger partial charge < -0.3 is 10.2 Å². The maximum Gasteiger partial charge on any atom is 0.130 e. The van der Waals surface area contributed by atoms with Crippen LogP contribution >= 0.6 is 0 Å². The summed E-state index contributed by atoms with van der Waals surface area (Å²) in [5.74, 6) is 1.72. The number of aliphatic imine (C=N–C) groups is 1. The highest BCUT2D eigenvalue weighted by atomic mass is 19.1. The number of halogens is 2. The fraction of sp³-hybridized carbons (Fsp3) is 0.622. The topological polar surface area (TPSA) is 40.5 Å². The molecule has 0 saturated carbocycles. The number of rotatable bonds is 13. The highest BCUT2D eigenvalue weighted by molar-refractivity contribution is 5.91. The maximum atomic E-state index is 14.5. The standard InChI is InChI=1S/C33H49FN4.C4H9F/c1-9-12-31-25(7)29(11-3)30(20-35-31)24(6)17-28-18-32(36-19-27(28)10-2)37-26(8)33(22-34)13-15-38(16-14-33)21-23(4)5;1-2-3-4-5/h10,17-20,23,25,31,37H,6,8-9,11-16,21-22H2,1-5,7H3;2-4H2,1H3/b27-10-,28-17-;. The number of hydrogen-bond acceptors (Lipinski definition) is 4. The number of alkyl halides is 2. The first-order valence-electron chi connectivity index (χ1n) is 16.5. The minimum absolute atomic E-state index is 0.156. The zero-order valence-corrected chi connectivity index (χ0v) is 28.1. The van der Waals surface area contributed by atoms with Gasteiger partial charge in [0.25, 0.3) is 0 Å². The number of pyridine rings is 1. The Bertz CT molecular complexity index is 1220. The molecule has 43 heavy (non-hydrogen) atoms. The van der Waals surface area contributed by atoms with Gasteiger partial charge in [0.1, 0.15) is 12.5 Å². The summed E-state index contributed by atoms with van der Waals surface area (Å²) in [6.45, 7) is 26.2. The molecule has 1 saturated heterocycles. The van der Waals surface area contributed by atoms with Gasteiger partial charge in [0, 0.05) is 36.0 Å². The second-order valence-corrected chi connectivity index (χ2v) is 12.6. The third-order valence-electron chi connectivity index (χ3n) is 8.89. The summed E-state index contributed by atoms with van der Waals surface area (Å²) in [6.07, 6.45) is 14.6. The average molecular weight is 597 g/mol. The summed E-state index contributed by atoms with van der Waals surface area (Å²) < 4.78 is 25.4. The van der Waals surface area contributed by atoms with Crippen molar-refractivity contribution in [2.24, 2.45) is 22.2 Å². The molecule has 0 spiro atoms. The van der Waals surface area contributed by atoms with Crippen LogP contribution in [0.25, 0.3) is 12.2 Å². The van der Waals surface area contributed by atoms with Crippen molar-refractivity contribution < 1.29 is 8.78 Å². The molecule has 6 heteroatoms. The van der Waals surface area contributed by atoms with Gasteiger partial charge in [-0.2, -0.15) is 0 Å². The van der Waals surface area contributed by atoms with Gasteiger partial charge in [-0.15, -0.1) is 0 Å². The largest absolute Gasteiger partial charge is 0.344 e. The van der Waals surface area contributed by atoms with Gasteiger partial charge in [-0.1, -0.05) is 79.2 Å². The highest BCUT2D eigenvalue weighted by Crippen LogP contribution is 2.39. The summed E-state index contributed by atoms with van der Waals surface area (Å²) in [5, 5.41) is 5.45. The molecule has 0 amide bonds. The number of unbranched alkanes of at least 4 members (excludes halogenated alkanes) is 1. The number of anilines is 1. The fourth-order valence-electron chi connectivity index (χ4n) is 6.08. The van der Waals surface area contributed by atoms with E-state index in [9.17, 15) is 8.78 Å². The Hall–Kier alpha value is -2.60.